The highest BCUT2D eigenvalue weighted by Crippen LogP contribution is 2.32. The fourth-order valence-electron chi connectivity index (χ4n) is 3.14. The van der Waals surface area contributed by atoms with Gasteiger partial charge in [0.1, 0.15) is 10.6 Å². The summed E-state index contributed by atoms with van der Waals surface area (Å²) in [5.74, 6) is 0.435. The molecule has 0 N–H and O–H groups in total. The van der Waals surface area contributed by atoms with Crippen LogP contribution in [0.2, 0.25) is 10.0 Å². The maximum atomic E-state index is 12.9. The molecule has 1 unspecified atom stereocenters. The highest BCUT2D eigenvalue weighted by molar-refractivity contribution is 7.89. The third-order valence-corrected chi connectivity index (χ3v) is 7.60. The van der Waals surface area contributed by atoms with E-state index in [1.54, 1.807) is 17.9 Å². The van der Waals surface area contributed by atoms with Crippen LogP contribution in [0.4, 0.5) is 0 Å². The van der Waals surface area contributed by atoms with Gasteiger partial charge in [-0.2, -0.15) is 4.31 Å². The SMILES string of the molecule is Cc1ccc(OC(C)C(=O)N2CCN(S(=O)(=O)c3c(Cl)cccc3Cl)CC2)cc1. The van der Waals surface area contributed by atoms with Crippen LogP contribution in [0.5, 0.6) is 5.75 Å². The number of halogens is 2. The van der Waals surface area contributed by atoms with E-state index in [1.807, 2.05) is 31.2 Å². The molecular weight excluding hydrogens is 435 g/mol. The van der Waals surface area contributed by atoms with E-state index in [0.717, 1.165) is 5.56 Å². The number of amides is 1. The molecule has 29 heavy (non-hydrogen) atoms. The van der Waals surface area contributed by atoms with E-state index in [-0.39, 0.29) is 47.0 Å². The first-order valence-corrected chi connectivity index (χ1v) is 11.4. The molecule has 0 saturated carbocycles. The summed E-state index contributed by atoms with van der Waals surface area (Å²) in [5.41, 5.74) is 1.10. The van der Waals surface area contributed by atoms with E-state index in [2.05, 4.69) is 0 Å². The number of piperazine rings is 1. The molecule has 1 amide bonds. The van der Waals surface area contributed by atoms with Crippen LogP contribution in [-0.4, -0.2) is 55.8 Å². The molecule has 156 valence electrons. The summed E-state index contributed by atoms with van der Waals surface area (Å²) in [6, 6.07) is 12.0. The number of ether oxygens (including phenoxy) is 1. The van der Waals surface area contributed by atoms with Gasteiger partial charge < -0.3 is 9.64 Å². The van der Waals surface area contributed by atoms with E-state index >= 15 is 0 Å². The average molecular weight is 457 g/mol. The Kier molecular flexibility index (Phi) is 6.73. The van der Waals surface area contributed by atoms with E-state index < -0.39 is 16.1 Å². The van der Waals surface area contributed by atoms with Crippen LogP contribution in [0.15, 0.2) is 47.4 Å². The molecule has 1 fully saturated rings. The molecule has 0 bridgehead atoms. The Morgan fingerprint density at radius 1 is 1.00 bits per heavy atom. The number of hydrogen-bond acceptors (Lipinski definition) is 4. The number of benzene rings is 2. The number of rotatable bonds is 5. The first kappa shape index (κ1) is 21.9. The molecule has 1 atom stereocenters. The van der Waals surface area contributed by atoms with Crippen molar-refractivity contribution < 1.29 is 17.9 Å². The summed E-state index contributed by atoms with van der Waals surface area (Å²) in [6.45, 7) is 4.51. The van der Waals surface area contributed by atoms with E-state index in [9.17, 15) is 13.2 Å². The van der Waals surface area contributed by atoms with Crippen molar-refractivity contribution in [2.75, 3.05) is 26.2 Å². The van der Waals surface area contributed by atoms with Gasteiger partial charge in [0.25, 0.3) is 5.91 Å². The van der Waals surface area contributed by atoms with Crippen LogP contribution in [0.1, 0.15) is 12.5 Å². The zero-order valence-electron chi connectivity index (χ0n) is 16.1. The first-order chi connectivity index (χ1) is 13.7. The van der Waals surface area contributed by atoms with Crippen LogP contribution in [0.3, 0.4) is 0 Å². The lowest BCUT2D eigenvalue weighted by Crippen LogP contribution is -2.53. The second kappa shape index (κ2) is 8.92. The highest BCUT2D eigenvalue weighted by atomic mass is 35.5. The fourth-order valence-corrected chi connectivity index (χ4v) is 5.65. The lowest BCUT2D eigenvalue weighted by Gasteiger charge is -2.35. The standard InChI is InChI=1S/C20H22Cl2N2O4S/c1-14-6-8-16(9-7-14)28-15(2)20(25)23-10-12-24(13-11-23)29(26,27)19-17(21)4-3-5-18(19)22/h3-9,15H,10-13H2,1-2H3. The van der Waals surface area contributed by atoms with Crippen LogP contribution < -0.4 is 4.74 Å². The smallest absolute Gasteiger partial charge is 0.263 e. The van der Waals surface area contributed by atoms with Crippen LogP contribution in [0.25, 0.3) is 0 Å². The molecule has 9 heteroatoms. The van der Waals surface area contributed by atoms with Crippen LogP contribution in [-0.2, 0) is 14.8 Å². The van der Waals surface area contributed by atoms with Crippen molar-refractivity contribution in [1.29, 1.82) is 0 Å². The Morgan fingerprint density at radius 3 is 2.10 bits per heavy atom. The van der Waals surface area contributed by atoms with E-state index in [0.29, 0.717) is 5.75 Å². The van der Waals surface area contributed by atoms with Crippen molar-refractivity contribution in [3.05, 3.63) is 58.1 Å². The Bertz CT molecular complexity index is 968. The molecule has 1 aliphatic heterocycles. The summed E-state index contributed by atoms with van der Waals surface area (Å²) in [4.78, 5) is 14.2. The normalized spacial score (nSPS) is 16.5. The molecule has 0 aliphatic carbocycles. The van der Waals surface area contributed by atoms with Gasteiger partial charge in [0.2, 0.25) is 10.0 Å². The summed E-state index contributed by atoms with van der Waals surface area (Å²) >= 11 is 12.1. The van der Waals surface area contributed by atoms with Gasteiger partial charge in [-0.1, -0.05) is 47.0 Å². The molecule has 1 aliphatic rings. The highest BCUT2D eigenvalue weighted by Gasteiger charge is 2.34. The van der Waals surface area contributed by atoms with Crippen molar-refractivity contribution in [2.45, 2.75) is 24.8 Å². The average Bonchev–Trinajstić information content (AvgIpc) is 2.69. The molecule has 1 heterocycles. The Labute approximate surface area is 181 Å². The van der Waals surface area contributed by atoms with E-state index in [1.165, 1.54) is 16.4 Å². The predicted molar refractivity (Wildman–Crippen MR) is 113 cm³/mol. The quantitative estimate of drug-likeness (QED) is 0.688. The predicted octanol–water partition coefficient (Wildman–Crippen LogP) is 3.60. The van der Waals surface area contributed by atoms with Crippen LogP contribution in [0, 0.1) is 6.92 Å². The zero-order valence-corrected chi connectivity index (χ0v) is 18.5. The van der Waals surface area contributed by atoms with Gasteiger partial charge >= 0.3 is 0 Å². The lowest BCUT2D eigenvalue weighted by molar-refractivity contribution is -0.139. The van der Waals surface area contributed by atoms with Gasteiger partial charge in [-0.05, 0) is 38.1 Å². The largest absolute Gasteiger partial charge is 0.481 e. The summed E-state index contributed by atoms with van der Waals surface area (Å²) < 4.78 is 32.9. The summed E-state index contributed by atoms with van der Waals surface area (Å²) in [6.07, 6.45) is -0.668. The number of carbonyl (C=O) groups is 1. The van der Waals surface area contributed by atoms with Gasteiger partial charge in [0.15, 0.2) is 6.10 Å². The number of carbonyl (C=O) groups excluding carboxylic acids is 1. The second-order valence-corrected chi connectivity index (χ2v) is 9.54. The van der Waals surface area contributed by atoms with Gasteiger partial charge in [-0.3, -0.25) is 4.79 Å². The molecule has 0 spiro atoms. The molecular formula is C20H22Cl2N2O4S. The second-order valence-electron chi connectivity index (χ2n) is 6.85. The molecule has 0 aromatic heterocycles. The molecule has 2 aromatic carbocycles. The van der Waals surface area contributed by atoms with Crippen molar-refractivity contribution >= 4 is 39.1 Å². The minimum atomic E-state index is -3.85. The third kappa shape index (κ3) is 4.86. The third-order valence-electron chi connectivity index (χ3n) is 4.75. The minimum Gasteiger partial charge on any atom is -0.481 e. The molecule has 3 rings (SSSR count). The van der Waals surface area contributed by atoms with Gasteiger partial charge in [0.05, 0.1) is 10.0 Å². The summed E-state index contributed by atoms with van der Waals surface area (Å²) in [5, 5.41) is 0.159. The molecule has 6 nitrogen and oxygen atoms in total. The molecule has 1 saturated heterocycles. The Morgan fingerprint density at radius 2 is 1.55 bits per heavy atom. The van der Waals surface area contributed by atoms with Crippen molar-refractivity contribution in [3.8, 4) is 5.75 Å². The maximum absolute atomic E-state index is 12.9. The molecule has 2 aromatic rings. The van der Waals surface area contributed by atoms with Gasteiger partial charge in [0, 0.05) is 26.2 Å². The zero-order chi connectivity index (χ0) is 21.2. The Hall–Kier alpha value is -1.80. The van der Waals surface area contributed by atoms with Crippen molar-refractivity contribution in [3.63, 3.8) is 0 Å². The lowest BCUT2D eigenvalue weighted by atomic mass is 10.2. The number of aryl methyl sites for hydroxylation is 1. The van der Waals surface area contributed by atoms with Crippen LogP contribution >= 0.6 is 23.2 Å². The maximum Gasteiger partial charge on any atom is 0.263 e. The van der Waals surface area contributed by atoms with Gasteiger partial charge in [-0.15, -0.1) is 0 Å². The first-order valence-electron chi connectivity index (χ1n) is 9.16. The number of nitrogens with zero attached hydrogens (tertiary/aromatic N) is 2. The number of sulfonamides is 1. The monoisotopic (exact) mass is 456 g/mol. The number of hydrogen-bond donors (Lipinski definition) is 0. The van der Waals surface area contributed by atoms with Gasteiger partial charge in [-0.25, -0.2) is 8.42 Å². The van der Waals surface area contributed by atoms with Crippen molar-refractivity contribution in [1.82, 2.24) is 9.21 Å². The summed E-state index contributed by atoms with van der Waals surface area (Å²) in [7, 11) is -3.85. The molecule has 0 radical (unpaired) electrons. The topological polar surface area (TPSA) is 66.9 Å². The van der Waals surface area contributed by atoms with Crippen molar-refractivity contribution in [2.24, 2.45) is 0 Å². The Balaban J connectivity index is 1.63. The van der Waals surface area contributed by atoms with E-state index in [4.69, 9.17) is 27.9 Å². The minimum absolute atomic E-state index is 0.0797. The fraction of sp³-hybridized carbons (Fsp3) is 0.350.